The van der Waals surface area contributed by atoms with Crippen LogP contribution in [0.5, 0.6) is 0 Å². The van der Waals surface area contributed by atoms with Crippen molar-refractivity contribution in [1.82, 2.24) is 0 Å². The average Bonchev–Trinajstić information content (AvgIpc) is 2.75. The summed E-state index contributed by atoms with van der Waals surface area (Å²) in [6, 6.07) is 11.7. The van der Waals surface area contributed by atoms with Gasteiger partial charge < -0.3 is 0 Å². The third kappa shape index (κ3) is 3.44. The van der Waals surface area contributed by atoms with Crippen molar-refractivity contribution in [2.75, 3.05) is 6.26 Å². The zero-order valence-corrected chi connectivity index (χ0v) is 12.5. The second kappa shape index (κ2) is 5.85. The van der Waals surface area contributed by atoms with E-state index in [1.165, 1.54) is 4.90 Å². The molecule has 0 atom stereocenters. The molecule has 2 aromatic rings. The van der Waals surface area contributed by atoms with Crippen molar-refractivity contribution in [3.63, 3.8) is 0 Å². The topological polar surface area (TPSA) is 17.1 Å². The van der Waals surface area contributed by atoms with E-state index >= 15 is 0 Å². The maximum absolute atomic E-state index is 12.0. The number of ketones is 1. The van der Waals surface area contributed by atoms with Crippen LogP contribution in [-0.4, -0.2) is 12.0 Å². The maximum Gasteiger partial charge on any atom is 0.168 e. The number of thiophene rings is 1. The van der Waals surface area contributed by atoms with Crippen molar-refractivity contribution in [3.8, 4) is 0 Å². The molecule has 0 saturated heterocycles. The lowest BCUT2D eigenvalue weighted by Gasteiger charge is -2.00. The highest BCUT2D eigenvalue weighted by molar-refractivity contribution is 9.11. The Hall–Kier alpha value is -0.580. The van der Waals surface area contributed by atoms with E-state index in [1.54, 1.807) is 23.1 Å². The predicted octanol–water partition coefficient (Wildman–Crippen LogP) is 4.66. The van der Waals surface area contributed by atoms with Gasteiger partial charge in [-0.15, -0.1) is 23.1 Å². The molecular formula is C13H11BrOS2. The van der Waals surface area contributed by atoms with Gasteiger partial charge in [0.1, 0.15) is 0 Å². The van der Waals surface area contributed by atoms with Crippen LogP contribution >= 0.6 is 39.0 Å². The Morgan fingerprint density at radius 3 is 2.47 bits per heavy atom. The van der Waals surface area contributed by atoms with Gasteiger partial charge in [-0.05, 0) is 46.5 Å². The molecule has 0 saturated carbocycles. The average molecular weight is 327 g/mol. The summed E-state index contributed by atoms with van der Waals surface area (Å²) in [6.45, 7) is 0. The summed E-state index contributed by atoms with van der Waals surface area (Å²) in [6.07, 6.45) is 2.51. The van der Waals surface area contributed by atoms with E-state index < -0.39 is 0 Å². The van der Waals surface area contributed by atoms with Gasteiger partial charge in [0.2, 0.25) is 0 Å². The molecule has 1 aromatic heterocycles. The molecule has 1 aromatic carbocycles. The molecule has 0 spiro atoms. The zero-order valence-electron chi connectivity index (χ0n) is 9.27. The molecule has 1 nitrogen and oxygen atoms in total. The van der Waals surface area contributed by atoms with E-state index in [9.17, 15) is 4.79 Å². The van der Waals surface area contributed by atoms with Crippen LogP contribution in [0.25, 0.3) is 0 Å². The molecule has 0 amide bonds. The van der Waals surface area contributed by atoms with Gasteiger partial charge >= 0.3 is 0 Å². The van der Waals surface area contributed by atoms with Crippen molar-refractivity contribution in [3.05, 3.63) is 50.6 Å². The van der Waals surface area contributed by atoms with Crippen LogP contribution in [0.4, 0.5) is 0 Å². The summed E-state index contributed by atoms with van der Waals surface area (Å²) >= 11 is 6.69. The van der Waals surface area contributed by atoms with Crippen molar-refractivity contribution >= 4 is 44.8 Å². The van der Waals surface area contributed by atoms with Crippen LogP contribution in [0.15, 0.2) is 45.1 Å². The van der Waals surface area contributed by atoms with E-state index in [1.807, 2.05) is 42.7 Å². The van der Waals surface area contributed by atoms with Crippen LogP contribution < -0.4 is 0 Å². The molecule has 2 rings (SSSR count). The summed E-state index contributed by atoms with van der Waals surface area (Å²) in [4.78, 5) is 14.3. The SMILES string of the molecule is CSc1ccc(C(=O)Cc2ccc(Br)s2)cc1. The Labute approximate surface area is 117 Å². The Balaban J connectivity index is 2.09. The minimum Gasteiger partial charge on any atom is -0.294 e. The third-order valence-electron chi connectivity index (χ3n) is 2.38. The lowest BCUT2D eigenvalue weighted by Crippen LogP contribution is -2.01. The molecule has 1 heterocycles. The van der Waals surface area contributed by atoms with Gasteiger partial charge in [0.25, 0.3) is 0 Å². The summed E-state index contributed by atoms with van der Waals surface area (Å²) in [5.41, 5.74) is 0.785. The van der Waals surface area contributed by atoms with Crippen molar-refractivity contribution < 1.29 is 4.79 Å². The van der Waals surface area contributed by atoms with Gasteiger partial charge in [-0.3, -0.25) is 4.79 Å². The lowest BCUT2D eigenvalue weighted by molar-refractivity contribution is 0.0994. The molecule has 0 radical (unpaired) electrons. The standard InChI is InChI=1S/C13H11BrOS2/c1-16-10-4-2-9(3-5-10)12(15)8-11-6-7-13(14)17-11/h2-7H,8H2,1H3. The summed E-state index contributed by atoms with van der Waals surface area (Å²) in [5, 5.41) is 0. The quantitative estimate of drug-likeness (QED) is 0.600. The highest BCUT2D eigenvalue weighted by Gasteiger charge is 2.08. The molecule has 0 N–H and O–H groups in total. The molecular weight excluding hydrogens is 316 g/mol. The first-order valence-corrected chi connectivity index (χ1v) is 7.94. The Morgan fingerprint density at radius 2 is 1.94 bits per heavy atom. The van der Waals surface area contributed by atoms with E-state index in [2.05, 4.69) is 15.9 Å². The van der Waals surface area contributed by atoms with Crippen LogP contribution in [-0.2, 0) is 6.42 Å². The van der Waals surface area contributed by atoms with Crippen molar-refractivity contribution in [2.24, 2.45) is 0 Å². The van der Waals surface area contributed by atoms with Gasteiger partial charge in [-0.25, -0.2) is 0 Å². The fourth-order valence-corrected chi connectivity index (χ4v) is 3.37. The molecule has 0 bridgehead atoms. The number of hydrogen-bond acceptors (Lipinski definition) is 3. The van der Waals surface area contributed by atoms with E-state index in [-0.39, 0.29) is 5.78 Å². The molecule has 0 aliphatic heterocycles. The van der Waals surface area contributed by atoms with Crippen LogP contribution in [0.2, 0.25) is 0 Å². The number of hydrogen-bond donors (Lipinski definition) is 0. The number of carbonyl (C=O) groups excluding carboxylic acids is 1. The largest absolute Gasteiger partial charge is 0.294 e. The zero-order chi connectivity index (χ0) is 12.3. The summed E-state index contributed by atoms with van der Waals surface area (Å²) < 4.78 is 1.07. The summed E-state index contributed by atoms with van der Waals surface area (Å²) in [7, 11) is 0. The van der Waals surface area contributed by atoms with Gasteiger partial charge in [-0.2, -0.15) is 0 Å². The highest BCUT2D eigenvalue weighted by atomic mass is 79.9. The fraction of sp³-hybridized carbons (Fsp3) is 0.154. The van der Waals surface area contributed by atoms with Gasteiger partial charge in [0.05, 0.1) is 3.79 Å². The predicted molar refractivity (Wildman–Crippen MR) is 78.3 cm³/mol. The molecule has 0 aliphatic carbocycles. The molecule has 0 fully saturated rings. The smallest absolute Gasteiger partial charge is 0.168 e. The highest BCUT2D eigenvalue weighted by Crippen LogP contribution is 2.23. The summed E-state index contributed by atoms with van der Waals surface area (Å²) in [5.74, 6) is 0.173. The van der Waals surface area contributed by atoms with Crippen molar-refractivity contribution in [2.45, 2.75) is 11.3 Å². The molecule has 88 valence electrons. The van der Waals surface area contributed by atoms with E-state index in [0.717, 1.165) is 14.2 Å². The number of rotatable bonds is 4. The Kier molecular flexibility index (Phi) is 4.42. The van der Waals surface area contributed by atoms with Gasteiger partial charge in [0.15, 0.2) is 5.78 Å². The number of Topliss-reactive ketones (excluding diaryl/α,β-unsaturated/α-hetero) is 1. The van der Waals surface area contributed by atoms with E-state index in [4.69, 9.17) is 0 Å². The minimum absolute atomic E-state index is 0.173. The monoisotopic (exact) mass is 326 g/mol. The Bertz CT molecular complexity index is 516. The van der Waals surface area contributed by atoms with Crippen LogP contribution in [0.1, 0.15) is 15.2 Å². The number of halogens is 1. The number of thioether (sulfide) groups is 1. The van der Waals surface area contributed by atoms with E-state index in [0.29, 0.717) is 6.42 Å². The second-order valence-electron chi connectivity index (χ2n) is 3.53. The first-order chi connectivity index (χ1) is 8.19. The molecule has 17 heavy (non-hydrogen) atoms. The lowest BCUT2D eigenvalue weighted by atomic mass is 10.1. The normalized spacial score (nSPS) is 10.5. The second-order valence-corrected chi connectivity index (χ2v) is 6.96. The number of carbonyl (C=O) groups is 1. The Morgan fingerprint density at radius 1 is 1.24 bits per heavy atom. The first-order valence-electron chi connectivity index (χ1n) is 5.10. The first kappa shape index (κ1) is 12.9. The molecule has 0 aliphatic rings. The minimum atomic E-state index is 0.173. The molecule has 4 heteroatoms. The fourth-order valence-electron chi connectivity index (χ4n) is 1.48. The van der Waals surface area contributed by atoms with Crippen LogP contribution in [0.3, 0.4) is 0 Å². The third-order valence-corrected chi connectivity index (χ3v) is 4.74. The van der Waals surface area contributed by atoms with Gasteiger partial charge in [0, 0.05) is 21.8 Å². The van der Waals surface area contributed by atoms with Gasteiger partial charge in [-0.1, -0.05) is 12.1 Å². The maximum atomic E-state index is 12.0. The van der Waals surface area contributed by atoms with Crippen molar-refractivity contribution in [1.29, 1.82) is 0 Å². The van der Waals surface area contributed by atoms with Crippen LogP contribution in [0, 0.1) is 0 Å². The molecule has 0 unspecified atom stereocenters. The number of benzene rings is 1.